The number of aryl methyl sites for hydroxylation is 1. The summed E-state index contributed by atoms with van der Waals surface area (Å²) in [5.74, 6) is -1.35. The van der Waals surface area contributed by atoms with Crippen LogP contribution in [-0.4, -0.2) is 46.4 Å². The summed E-state index contributed by atoms with van der Waals surface area (Å²) in [6.07, 6.45) is 7.20. The molecule has 4 aromatic heterocycles. The standard InChI is InChI=1S/C23H19ClF2N8O/c1-10-3-4-34(32-10)11(2)18-21(26)20(24)19(13-6-28-31-22(13)18)15-8-33-9-16(29-17(33)7-27-15)30-23(35)12-5-14(12)25/h3-4,6-9,11-12,14H,5H2,1-2H3,(H,28,31)(H,30,35). The minimum absolute atomic E-state index is 0.0900. The van der Waals surface area contributed by atoms with Crippen LogP contribution in [0.3, 0.4) is 0 Å². The number of imidazole rings is 1. The lowest BCUT2D eigenvalue weighted by atomic mass is 9.98. The maximum atomic E-state index is 15.7. The molecule has 0 aliphatic heterocycles. The molecule has 3 unspecified atom stereocenters. The number of nitrogens with one attached hydrogen (secondary N) is 2. The molecular formula is C23H19ClF2N8O. The van der Waals surface area contributed by atoms with E-state index < -0.39 is 29.9 Å². The summed E-state index contributed by atoms with van der Waals surface area (Å²) in [5.41, 5.74) is 2.87. The third-order valence-electron chi connectivity index (χ3n) is 6.28. The van der Waals surface area contributed by atoms with Crippen molar-refractivity contribution >= 4 is 39.9 Å². The molecule has 1 aromatic carbocycles. The molecule has 9 nitrogen and oxygen atoms in total. The number of halogens is 3. The number of carbonyl (C=O) groups excluding carboxylic acids is 1. The van der Waals surface area contributed by atoms with Gasteiger partial charge >= 0.3 is 0 Å². The lowest BCUT2D eigenvalue weighted by Crippen LogP contribution is -2.15. The van der Waals surface area contributed by atoms with Crippen molar-refractivity contribution in [2.24, 2.45) is 5.92 Å². The minimum atomic E-state index is -1.10. The highest BCUT2D eigenvalue weighted by molar-refractivity contribution is 6.35. The van der Waals surface area contributed by atoms with Crippen molar-refractivity contribution < 1.29 is 13.6 Å². The molecule has 1 aliphatic carbocycles. The second-order valence-corrected chi connectivity index (χ2v) is 9.08. The van der Waals surface area contributed by atoms with Crippen LogP contribution in [0.4, 0.5) is 14.6 Å². The molecule has 6 rings (SSSR count). The van der Waals surface area contributed by atoms with Gasteiger partial charge in [0, 0.05) is 28.9 Å². The Morgan fingerprint density at radius 2 is 2.14 bits per heavy atom. The first kappa shape index (κ1) is 21.7. The van der Waals surface area contributed by atoms with E-state index in [1.54, 1.807) is 33.9 Å². The van der Waals surface area contributed by atoms with Gasteiger partial charge in [-0.3, -0.25) is 19.6 Å². The molecule has 35 heavy (non-hydrogen) atoms. The number of fused-ring (bicyclic) bond motifs is 2. The Hall–Kier alpha value is -3.86. The predicted octanol–water partition coefficient (Wildman–Crippen LogP) is 4.48. The van der Waals surface area contributed by atoms with E-state index in [9.17, 15) is 9.18 Å². The van der Waals surface area contributed by atoms with Crippen molar-refractivity contribution in [1.82, 2.24) is 34.3 Å². The molecule has 5 aromatic rings. The number of nitrogens with zero attached hydrogens (tertiary/aromatic N) is 6. The lowest BCUT2D eigenvalue weighted by Gasteiger charge is -2.18. The fourth-order valence-electron chi connectivity index (χ4n) is 4.30. The fraction of sp³-hybridized carbons (Fsp3) is 0.261. The molecule has 4 heterocycles. The summed E-state index contributed by atoms with van der Waals surface area (Å²) >= 11 is 6.58. The van der Waals surface area contributed by atoms with E-state index in [1.807, 2.05) is 19.9 Å². The van der Waals surface area contributed by atoms with Gasteiger partial charge in [-0.2, -0.15) is 10.2 Å². The Bertz CT molecular complexity index is 1620. The zero-order chi connectivity index (χ0) is 24.4. The Labute approximate surface area is 202 Å². The van der Waals surface area contributed by atoms with Crippen LogP contribution in [0.2, 0.25) is 5.02 Å². The van der Waals surface area contributed by atoms with Crippen LogP contribution in [0.15, 0.2) is 37.1 Å². The molecule has 2 N–H and O–H groups in total. The number of carbonyl (C=O) groups is 1. The van der Waals surface area contributed by atoms with Crippen molar-refractivity contribution in [3.8, 4) is 11.3 Å². The third-order valence-corrected chi connectivity index (χ3v) is 6.64. The third kappa shape index (κ3) is 3.54. The number of aromatic nitrogens is 7. The number of anilines is 1. The van der Waals surface area contributed by atoms with Crippen molar-refractivity contribution in [3.63, 3.8) is 0 Å². The quantitative estimate of drug-likeness (QED) is 0.373. The second kappa shape index (κ2) is 7.84. The molecule has 1 amide bonds. The Kier molecular flexibility index (Phi) is 4.85. The van der Waals surface area contributed by atoms with Gasteiger partial charge in [-0.05, 0) is 26.3 Å². The zero-order valence-electron chi connectivity index (χ0n) is 18.6. The SMILES string of the molecule is Cc1ccn(C(C)c2c(F)c(Cl)c(-c3cn4cc(NC(=O)C5CC5F)nc4cn3)c3cn[nH]c23)n1. The largest absolute Gasteiger partial charge is 0.309 e. The molecule has 0 bridgehead atoms. The molecule has 178 valence electrons. The van der Waals surface area contributed by atoms with Gasteiger partial charge in [-0.25, -0.2) is 13.8 Å². The zero-order valence-corrected chi connectivity index (χ0v) is 19.4. The summed E-state index contributed by atoms with van der Waals surface area (Å²) in [7, 11) is 0. The molecule has 1 saturated carbocycles. The second-order valence-electron chi connectivity index (χ2n) is 8.70. The molecule has 12 heteroatoms. The van der Waals surface area contributed by atoms with E-state index in [1.165, 1.54) is 6.20 Å². The summed E-state index contributed by atoms with van der Waals surface area (Å²) in [6, 6.07) is 1.40. The highest BCUT2D eigenvalue weighted by atomic mass is 35.5. The van der Waals surface area contributed by atoms with Crippen LogP contribution < -0.4 is 5.32 Å². The Morgan fingerprint density at radius 1 is 1.34 bits per heavy atom. The maximum absolute atomic E-state index is 15.7. The summed E-state index contributed by atoms with van der Waals surface area (Å²) < 4.78 is 32.2. The summed E-state index contributed by atoms with van der Waals surface area (Å²) in [5, 5.41) is 14.6. The molecule has 0 spiro atoms. The first-order valence-electron chi connectivity index (χ1n) is 11.0. The van der Waals surface area contributed by atoms with Crippen molar-refractivity contribution in [2.75, 3.05) is 5.32 Å². The number of hydrogen-bond acceptors (Lipinski definition) is 5. The average molecular weight is 497 g/mol. The number of alkyl halides is 1. The van der Waals surface area contributed by atoms with Gasteiger partial charge in [0.25, 0.3) is 0 Å². The number of aromatic amines is 1. The van der Waals surface area contributed by atoms with Crippen LogP contribution >= 0.6 is 11.6 Å². The first-order valence-corrected chi connectivity index (χ1v) is 11.4. The monoisotopic (exact) mass is 496 g/mol. The van der Waals surface area contributed by atoms with E-state index in [4.69, 9.17) is 11.6 Å². The molecule has 1 fully saturated rings. The van der Waals surface area contributed by atoms with E-state index in [2.05, 4.69) is 30.6 Å². The number of hydrogen-bond donors (Lipinski definition) is 2. The Balaban J connectivity index is 1.42. The van der Waals surface area contributed by atoms with Gasteiger partial charge in [0.2, 0.25) is 5.91 Å². The van der Waals surface area contributed by atoms with Crippen LogP contribution in [0.1, 0.15) is 30.6 Å². The van der Waals surface area contributed by atoms with E-state index in [0.29, 0.717) is 33.4 Å². The van der Waals surface area contributed by atoms with Crippen molar-refractivity contribution in [1.29, 1.82) is 0 Å². The molecular weight excluding hydrogens is 478 g/mol. The van der Waals surface area contributed by atoms with Gasteiger partial charge in [0.05, 0.1) is 52.5 Å². The van der Waals surface area contributed by atoms with Gasteiger partial charge in [-0.1, -0.05) is 11.6 Å². The smallest absolute Gasteiger partial charge is 0.231 e. The number of amides is 1. The lowest BCUT2D eigenvalue weighted by molar-refractivity contribution is -0.117. The maximum Gasteiger partial charge on any atom is 0.231 e. The van der Waals surface area contributed by atoms with E-state index in [-0.39, 0.29) is 17.3 Å². The first-order chi connectivity index (χ1) is 16.8. The van der Waals surface area contributed by atoms with E-state index in [0.717, 1.165) is 5.69 Å². The number of benzene rings is 1. The average Bonchev–Trinajstić information content (AvgIpc) is 3.19. The highest BCUT2D eigenvalue weighted by Crippen LogP contribution is 2.41. The molecule has 0 saturated heterocycles. The number of H-pyrrole nitrogens is 1. The van der Waals surface area contributed by atoms with Gasteiger partial charge in [0.15, 0.2) is 11.5 Å². The summed E-state index contributed by atoms with van der Waals surface area (Å²) in [4.78, 5) is 20.8. The van der Waals surface area contributed by atoms with Crippen molar-refractivity contribution in [3.05, 3.63) is 59.1 Å². The molecule has 0 radical (unpaired) electrons. The van der Waals surface area contributed by atoms with Crippen LogP contribution in [0.25, 0.3) is 27.8 Å². The Morgan fingerprint density at radius 3 is 2.86 bits per heavy atom. The topological polar surface area (TPSA) is 106 Å². The number of rotatable bonds is 5. The van der Waals surface area contributed by atoms with Gasteiger partial charge < -0.3 is 9.72 Å². The summed E-state index contributed by atoms with van der Waals surface area (Å²) in [6.45, 7) is 3.69. The highest BCUT2D eigenvalue weighted by Gasteiger charge is 2.43. The normalized spacial score (nSPS) is 18.3. The van der Waals surface area contributed by atoms with Gasteiger partial charge in [0.1, 0.15) is 12.0 Å². The van der Waals surface area contributed by atoms with Crippen LogP contribution in [0.5, 0.6) is 0 Å². The van der Waals surface area contributed by atoms with Crippen molar-refractivity contribution in [2.45, 2.75) is 32.5 Å². The predicted molar refractivity (Wildman–Crippen MR) is 125 cm³/mol. The molecule has 3 atom stereocenters. The van der Waals surface area contributed by atoms with Gasteiger partial charge in [-0.15, -0.1) is 0 Å². The van der Waals surface area contributed by atoms with Crippen LogP contribution in [-0.2, 0) is 4.79 Å². The fourth-order valence-corrected chi connectivity index (χ4v) is 4.60. The van der Waals surface area contributed by atoms with Crippen LogP contribution in [0, 0.1) is 18.7 Å². The molecule has 1 aliphatic rings. The van der Waals surface area contributed by atoms with E-state index >= 15 is 4.39 Å². The minimum Gasteiger partial charge on any atom is -0.309 e.